The number of hydrogen-bond acceptors (Lipinski definition) is 1. The van der Waals surface area contributed by atoms with Gasteiger partial charge in [0.2, 0.25) is 0 Å². The van der Waals surface area contributed by atoms with Crippen LogP contribution in [0.25, 0.3) is 0 Å². The highest BCUT2D eigenvalue weighted by Crippen LogP contribution is 2.23. The number of hydrogen-bond donors (Lipinski definition) is 1. The SMILES string of the molecule is Fc1cccc2c1CC[C@@H](NCc1ccccc1)C2. The van der Waals surface area contributed by atoms with Crippen LogP contribution >= 0.6 is 0 Å². The highest BCUT2D eigenvalue weighted by Gasteiger charge is 2.20. The van der Waals surface area contributed by atoms with Gasteiger partial charge in [0.05, 0.1) is 0 Å². The van der Waals surface area contributed by atoms with Crippen LogP contribution in [0, 0.1) is 5.82 Å². The first-order valence-corrected chi connectivity index (χ1v) is 6.86. The van der Waals surface area contributed by atoms with Crippen LogP contribution in [-0.4, -0.2) is 6.04 Å². The minimum absolute atomic E-state index is 0.0426. The van der Waals surface area contributed by atoms with E-state index in [2.05, 4.69) is 35.6 Å². The van der Waals surface area contributed by atoms with E-state index in [0.29, 0.717) is 6.04 Å². The zero-order chi connectivity index (χ0) is 13.1. The molecular weight excluding hydrogens is 237 g/mol. The van der Waals surface area contributed by atoms with Gasteiger partial charge in [-0.3, -0.25) is 0 Å². The first kappa shape index (κ1) is 12.4. The Labute approximate surface area is 113 Å². The third kappa shape index (κ3) is 2.85. The monoisotopic (exact) mass is 255 g/mol. The van der Waals surface area contributed by atoms with Gasteiger partial charge in [-0.05, 0) is 42.0 Å². The van der Waals surface area contributed by atoms with Crippen LogP contribution in [0.2, 0.25) is 0 Å². The van der Waals surface area contributed by atoms with Crippen LogP contribution < -0.4 is 5.32 Å². The summed E-state index contributed by atoms with van der Waals surface area (Å²) in [6, 6.07) is 16.3. The first-order chi connectivity index (χ1) is 9.33. The maximum atomic E-state index is 13.6. The van der Waals surface area contributed by atoms with Crippen molar-refractivity contribution in [2.24, 2.45) is 0 Å². The highest BCUT2D eigenvalue weighted by atomic mass is 19.1. The van der Waals surface area contributed by atoms with E-state index in [1.807, 2.05) is 12.1 Å². The molecule has 1 atom stereocenters. The molecule has 0 saturated heterocycles. The van der Waals surface area contributed by atoms with Gasteiger partial charge in [0.1, 0.15) is 5.82 Å². The minimum Gasteiger partial charge on any atom is -0.310 e. The number of halogens is 1. The normalized spacial score (nSPS) is 18.1. The van der Waals surface area contributed by atoms with Crippen molar-refractivity contribution < 1.29 is 4.39 Å². The maximum absolute atomic E-state index is 13.6. The van der Waals surface area contributed by atoms with E-state index in [9.17, 15) is 4.39 Å². The van der Waals surface area contributed by atoms with Crippen LogP contribution in [-0.2, 0) is 19.4 Å². The topological polar surface area (TPSA) is 12.0 Å². The van der Waals surface area contributed by atoms with Gasteiger partial charge in [-0.1, -0.05) is 42.5 Å². The summed E-state index contributed by atoms with van der Waals surface area (Å²) in [4.78, 5) is 0. The predicted molar refractivity (Wildman–Crippen MR) is 75.5 cm³/mol. The quantitative estimate of drug-likeness (QED) is 0.885. The van der Waals surface area contributed by atoms with E-state index in [-0.39, 0.29) is 5.82 Å². The molecule has 0 aromatic heterocycles. The zero-order valence-electron chi connectivity index (χ0n) is 10.9. The fourth-order valence-corrected chi connectivity index (χ4v) is 2.79. The smallest absolute Gasteiger partial charge is 0.126 e. The zero-order valence-corrected chi connectivity index (χ0v) is 10.9. The third-order valence-corrected chi connectivity index (χ3v) is 3.86. The molecule has 98 valence electrons. The summed E-state index contributed by atoms with van der Waals surface area (Å²) in [6.45, 7) is 0.885. The number of rotatable bonds is 3. The van der Waals surface area contributed by atoms with E-state index in [1.54, 1.807) is 6.07 Å². The van der Waals surface area contributed by atoms with Gasteiger partial charge in [-0.15, -0.1) is 0 Å². The van der Waals surface area contributed by atoms with E-state index in [1.165, 1.54) is 5.56 Å². The van der Waals surface area contributed by atoms with Gasteiger partial charge in [0.25, 0.3) is 0 Å². The molecule has 0 amide bonds. The lowest BCUT2D eigenvalue weighted by atomic mass is 9.88. The number of nitrogens with one attached hydrogen (secondary N) is 1. The molecule has 2 aromatic rings. The van der Waals surface area contributed by atoms with Crippen molar-refractivity contribution in [3.63, 3.8) is 0 Å². The molecule has 0 heterocycles. The van der Waals surface area contributed by atoms with Gasteiger partial charge >= 0.3 is 0 Å². The van der Waals surface area contributed by atoms with E-state index in [4.69, 9.17) is 0 Å². The second-order valence-electron chi connectivity index (χ2n) is 5.18. The van der Waals surface area contributed by atoms with E-state index < -0.39 is 0 Å². The van der Waals surface area contributed by atoms with E-state index in [0.717, 1.165) is 36.9 Å². The molecule has 0 fully saturated rings. The Morgan fingerprint density at radius 3 is 2.74 bits per heavy atom. The molecule has 0 spiro atoms. The fourth-order valence-electron chi connectivity index (χ4n) is 2.79. The van der Waals surface area contributed by atoms with E-state index >= 15 is 0 Å². The van der Waals surface area contributed by atoms with Crippen molar-refractivity contribution in [1.82, 2.24) is 5.32 Å². The predicted octanol–water partition coefficient (Wildman–Crippen LogP) is 3.47. The van der Waals surface area contributed by atoms with Crippen molar-refractivity contribution in [2.45, 2.75) is 31.8 Å². The lowest BCUT2D eigenvalue weighted by molar-refractivity contribution is 0.448. The molecular formula is C17H18FN. The second kappa shape index (κ2) is 5.54. The Hall–Kier alpha value is -1.67. The standard InChI is InChI=1S/C17H18FN/c18-17-8-4-7-14-11-15(9-10-16(14)17)19-12-13-5-2-1-3-6-13/h1-8,15,19H,9-12H2/t15-/m1/s1. The summed E-state index contributed by atoms with van der Waals surface area (Å²) in [5.74, 6) is -0.0426. The van der Waals surface area contributed by atoms with Crippen LogP contribution in [0.5, 0.6) is 0 Å². The molecule has 1 N–H and O–H groups in total. The molecule has 1 aliphatic rings. The van der Waals surface area contributed by atoms with Crippen LogP contribution in [0.1, 0.15) is 23.1 Å². The van der Waals surface area contributed by atoms with Crippen molar-refractivity contribution >= 4 is 0 Å². The molecule has 0 aliphatic heterocycles. The molecule has 2 heteroatoms. The molecule has 1 aliphatic carbocycles. The Bertz CT molecular complexity index is 550. The summed E-state index contributed by atoms with van der Waals surface area (Å²) in [5.41, 5.74) is 3.38. The first-order valence-electron chi connectivity index (χ1n) is 6.86. The maximum Gasteiger partial charge on any atom is 0.126 e. The van der Waals surface area contributed by atoms with Gasteiger partial charge in [0.15, 0.2) is 0 Å². The Morgan fingerprint density at radius 2 is 1.89 bits per heavy atom. The summed E-state index contributed by atoms with van der Waals surface area (Å²) >= 11 is 0. The van der Waals surface area contributed by atoms with Gasteiger partial charge in [0, 0.05) is 12.6 Å². The molecule has 0 radical (unpaired) electrons. The lowest BCUT2D eigenvalue weighted by Crippen LogP contribution is -2.34. The molecule has 3 rings (SSSR count). The second-order valence-corrected chi connectivity index (χ2v) is 5.18. The number of benzene rings is 2. The summed E-state index contributed by atoms with van der Waals surface area (Å²) in [6.07, 6.45) is 2.79. The van der Waals surface area contributed by atoms with Crippen LogP contribution in [0.3, 0.4) is 0 Å². The summed E-state index contributed by atoms with van der Waals surface area (Å²) < 4.78 is 13.6. The largest absolute Gasteiger partial charge is 0.310 e. The van der Waals surface area contributed by atoms with Crippen molar-refractivity contribution in [3.05, 3.63) is 71.0 Å². The summed E-state index contributed by atoms with van der Waals surface area (Å²) in [5, 5.41) is 3.58. The Balaban J connectivity index is 1.63. The van der Waals surface area contributed by atoms with Gasteiger partial charge in [-0.2, -0.15) is 0 Å². The molecule has 2 aromatic carbocycles. The molecule has 0 saturated carbocycles. The molecule has 1 nitrogen and oxygen atoms in total. The van der Waals surface area contributed by atoms with Gasteiger partial charge in [-0.25, -0.2) is 4.39 Å². The molecule has 0 bridgehead atoms. The lowest BCUT2D eigenvalue weighted by Gasteiger charge is -2.26. The van der Waals surface area contributed by atoms with Crippen molar-refractivity contribution in [2.75, 3.05) is 0 Å². The van der Waals surface area contributed by atoms with Gasteiger partial charge < -0.3 is 5.32 Å². The fraction of sp³-hybridized carbons (Fsp3) is 0.294. The van der Waals surface area contributed by atoms with Crippen molar-refractivity contribution in [1.29, 1.82) is 0 Å². The average molecular weight is 255 g/mol. The Kier molecular flexibility index (Phi) is 3.60. The van der Waals surface area contributed by atoms with Crippen LogP contribution in [0.15, 0.2) is 48.5 Å². The highest BCUT2D eigenvalue weighted by molar-refractivity contribution is 5.32. The minimum atomic E-state index is -0.0426. The number of fused-ring (bicyclic) bond motifs is 1. The van der Waals surface area contributed by atoms with Crippen molar-refractivity contribution in [3.8, 4) is 0 Å². The average Bonchev–Trinajstić information content (AvgIpc) is 2.46. The third-order valence-electron chi connectivity index (χ3n) is 3.86. The molecule has 0 unspecified atom stereocenters. The Morgan fingerprint density at radius 1 is 1.05 bits per heavy atom. The summed E-state index contributed by atoms with van der Waals surface area (Å²) in [7, 11) is 0. The van der Waals surface area contributed by atoms with Crippen LogP contribution in [0.4, 0.5) is 4.39 Å². The molecule has 19 heavy (non-hydrogen) atoms.